The summed E-state index contributed by atoms with van der Waals surface area (Å²) in [6.45, 7) is 0. The Hall–Kier alpha value is -7.42. The molecule has 0 unspecified atom stereocenters. The molecule has 11 rings (SSSR count). The number of benzene rings is 9. The quantitative estimate of drug-likeness (QED) is 0.163. The van der Waals surface area contributed by atoms with Gasteiger partial charge in [-0.1, -0.05) is 182 Å². The highest BCUT2D eigenvalue weighted by molar-refractivity contribution is 6.09. The number of furan rings is 1. The van der Waals surface area contributed by atoms with Gasteiger partial charge in [0.05, 0.1) is 5.41 Å². The van der Waals surface area contributed by atoms with E-state index < -0.39 is 5.41 Å². The third-order valence-electron chi connectivity index (χ3n) is 11.8. The lowest BCUT2D eigenvalue weighted by atomic mass is 9.68. The highest BCUT2D eigenvalue weighted by Crippen LogP contribution is 2.56. The lowest BCUT2D eigenvalue weighted by molar-refractivity contribution is 0.670. The van der Waals surface area contributed by atoms with E-state index in [0.29, 0.717) is 0 Å². The van der Waals surface area contributed by atoms with Gasteiger partial charge in [0.2, 0.25) is 0 Å². The van der Waals surface area contributed by atoms with E-state index in [9.17, 15) is 0 Å². The Balaban J connectivity index is 1.04. The molecule has 0 N–H and O–H groups in total. The van der Waals surface area contributed by atoms with Gasteiger partial charge >= 0.3 is 0 Å². The molecule has 2 nitrogen and oxygen atoms in total. The van der Waals surface area contributed by atoms with Crippen molar-refractivity contribution in [3.63, 3.8) is 0 Å². The molecule has 0 saturated carbocycles. The van der Waals surface area contributed by atoms with E-state index in [1.54, 1.807) is 0 Å². The third kappa shape index (κ3) is 5.26. The molecule has 10 aromatic rings. The average molecular weight is 728 g/mol. The van der Waals surface area contributed by atoms with Gasteiger partial charge in [0.15, 0.2) is 0 Å². The molecule has 1 heterocycles. The largest absolute Gasteiger partial charge is 0.455 e. The van der Waals surface area contributed by atoms with Crippen LogP contribution >= 0.6 is 0 Å². The first-order valence-electron chi connectivity index (χ1n) is 19.6. The van der Waals surface area contributed by atoms with Crippen molar-refractivity contribution < 1.29 is 4.42 Å². The minimum absolute atomic E-state index is 0.450. The van der Waals surface area contributed by atoms with Crippen LogP contribution in [0.3, 0.4) is 0 Å². The maximum absolute atomic E-state index is 6.43. The second kappa shape index (κ2) is 13.4. The molecule has 1 aliphatic carbocycles. The highest BCUT2D eigenvalue weighted by atomic mass is 16.3. The van der Waals surface area contributed by atoms with Crippen LogP contribution < -0.4 is 4.90 Å². The first kappa shape index (κ1) is 33.0. The number of hydrogen-bond acceptors (Lipinski definition) is 2. The molecule has 0 radical (unpaired) electrons. The van der Waals surface area contributed by atoms with Gasteiger partial charge in [-0.25, -0.2) is 0 Å². The van der Waals surface area contributed by atoms with Crippen LogP contribution in [0.4, 0.5) is 17.1 Å². The fourth-order valence-corrected chi connectivity index (χ4v) is 9.22. The Labute approximate surface area is 332 Å². The van der Waals surface area contributed by atoms with Crippen molar-refractivity contribution in [1.82, 2.24) is 0 Å². The van der Waals surface area contributed by atoms with Crippen LogP contribution in [0.5, 0.6) is 0 Å². The molecule has 2 heteroatoms. The average Bonchev–Trinajstić information content (AvgIpc) is 3.82. The summed E-state index contributed by atoms with van der Waals surface area (Å²) in [5.74, 6) is 0. The van der Waals surface area contributed by atoms with Crippen LogP contribution in [0.15, 0.2) is 229 Å². The highest BCUT2D eigenvalue weighted by Gasteiger charge is 2.45. The molecular formula is C55H37NO. The van der Waals surface area contributed by atoms with E-state index in [-0.39, 0.29) is 0 Å². The van der Waals surface area contributed by atoms with E-state index in [0.717, 1.165) is 50.1 Å². The van der Waals surface area contributed by atoms with Gasteiger partial charge in [0.1, 0.15) is 11.2 Å². The van der Waals surface area contributed by atoms with Crippen LogP contribution in [0.2, 0.25) is 0 Å². The molecule has 9 aromatic carbocycles. The number of para-hydroxylation sites is 2. The number of hydrogen-bond donors (Lipinski definition) is 0. The van der Waals surface area contributed by atoms with Crippen molar-refractivity contribution in [2.75, 3.05) is 4.90 Å². The molecule has 0 saturated heterocycles. The number of anilines is 3. The lowest BCUT2D eigenvalue weighted by Gasteiger charge is -2.34. The van der Waals surface area contributed by atoms with Crippen molar-refractivity contribution in [3.8, 4) is 33.4 Å². The third-order valence-corrected chi connectivity index (χ3v) is 11.8. The van der Waals surface area contributed by atoms with Crippen LogP contribution in [0.1, 0.15) is 22.3 Å². The minimum Gasteiger partial charge on any atom is -0.455 e. The van der Waals surface area contributed by atoms with E-state index in [1.807, 2.05) is 12.1 Å². The number of fused-ring (bicyclic) bond motifs is 6. The molecule has 0 spiro atoms. The molecule has 0 bridgehead atoms. The zero-order valence-electron chi connectivity index (χ0n) is 31.2. The molecule has 0 fully saturated rings. The lowest BCUT2D eigenvalue weighted by Crippen LogP contribution is -2.28. The molecule has 1 aliphatic rings. The molecule has 0 amide bonds. The summed E-state index contributed by atoms with van der Waals surface area (Å²) in [6.07, 6.45) is 0. The normalized spacial score (nSPS) is 12.7. The van der Waals surface area contributed by atoms with Gasteiger partial charge in [-0.3, -0.25) is 0 Å². The maximum Gasteiger partial charge on any atom is 0.143 e. The second-order valence-corrected chi connectivity index (χ2v) is 14.8. The first-order valence-corrected chi connectivity index (χ1v) is 19.6. The monoisotopic (exact) mass is 727 g/mol. The van der Waals surface area contributed by atoms with E-state index in [4.69, 9.17) is 4.42 Å². The standard InChI is InChI=1S/C55H37NO/c1-3-14-38(15-4-1)39-26-32-43(33-27-39)56(44-34-28-40(29-35-44)46-21-13-22-50-49-20-9-12-25-53(49)57-54(46)50)45-36-30-42(31-37-45)55(41-16-5-2-6-17-41)51-23-10-7-18-47(51)48-19-8-11-24-52(48)55/h1-37H. The van der Waals surface area contributed by atoms with Gasteiger partial charge in [0, 0.05) is 33.4 Å². The van der Waals surface area contributed by atoms with Crippen molar-refractivity contribution in [2.24, 2.45) is 0 Å². The maximum atomic E-state index is 6.43. The summed E-state index contributed by atoms with van der Waals surface area (Å²) < 4.78 is 6.43. The Morgan fingerprint density at radius 1 is 0.316 bits per heavy atom. The van der Waals surface area contributed by atoms with Gasteiger partial charge < -0.3 is 9.32 Å². The predicted octanol–water partition coefficient (Wildman–Crippen LogP) is 14.8. The number of rotatable bonds is 7. The van der Waals surface area contributed by atoms with Crippen LogP contribution in [0, 0.1) is 0 Å². The smallest absolute Gasteiger partial charge is 0.143 e. The summed E-state index contributed by atoms with van der Waals surface area (Å²) in [7, 11) is 0. The zero-order valence-corrected chi connectivity index (χ0v) is 31.2. The summed E-state index contributed by atoms with van der Waals surface area (Å²) >= 11 is 0. The van der Waals surface area contributed by atoms with Gasteiger partial charge in [-0.2, -0.15) is 0 Å². The van der Waals surface area contributed by atoms with Gasteiger partial charge in [-0.15, -0.1) is 0 Å². The molecule has 268 valence electrons. The fourth-order valence-electron chi connectivity index (χ4n) is 9.22. The molecule has 1 aromatic heterocycles. The van der Waals surface area contributed by atoms with Crippen LogP contribution in [-0.4, -0.2) is 0 Å². The molecule has 57 heavy (non-hydrogen) atoms. The predicted molar refractivity (Wildman–Crippen MR) is 237 cm³/mol. The van der Waals surface area contributed by atoms with Crippen LogP contribution in [-0.2, 0) is 5.41 Å². The van der Waals surface area contributed by atoms with Crippen molar-refractivity contribution in [1.29, 1.82) is 0 Å². The SMILES string of the molecule is c1ccc(-c2ccc(N(c3ccc(-c4cccc5c4oc4ccccc45)cc3)c3ccc(C4(c5ccccc5)c5ccccc5-c5ccccc54)cc3)cc2)cc1. The summed E-state index contributed by atoms with van der Waals surface area (Å²) in [4.78, 5) is 2.36. The Kier molecular flexibility index (Phi) is 7.75. The summed E-state index contributed by atoms with van der Waals surface area (Å²) in [6, 6.07) is 81.1. The molecule has 0 aliphatic heterocycles. The zero-order chi connectivity index (χ0) is 37.8. The van der Waals surface area contributed by atoms with Gasteiger partial charge in [0.25, 0.3) is 0 Å². The van der Waals surface area contributed by atoms with E-state index in [2.05, 4.69) is 217 Å². The van der Waals surface area contributed by atoms with Gasteiger partial charge in [-0.05, 0) is 92.5 Å². The van der Waals surface area contributed by atoms with E-state index >= 15 is 0 Å². The second-order valence-electron chi connectivity index (χ2n) is 14.8. The van der Waals surface area contributed by atoms with Crippen molar-refractivity contribution >= 4 is 39.0 Å². The summed E-state index contributed by atoms with van der Waals surface area (Å²) in [5.41, 5.74) is 16.9. The Bertz CT molecular complexity index is 2990. The molecule has 0 atom stereocenters. The Morgan fingerprint density at radius 2 is 0.772 bits per heavy atom. The topological polar surface area (TPSA) is 16.4 Å². The molecular weight excluding hydrogens is 691 g/mol. The Morgan fingerprint density at radius 3 is 1.42 bits per heavy atom. The van der Waals surface area contributed by atoms with E-state index in [1.165, 1.54) is 44.5 Å². The minimum atomic E-state index is -0.450. The van der Waals surface area contributed by atoms with Crippen LogP contribution in [0.25, 0.3) is 55.3 Å². The fraction of sp³-hybridized carbons (Fsp3) is 0.0182. The summed E-state index contributed by atoms with van der Waals surface area (Å²) in [5, 5.41) is 2.27. The van der Waals surface area contributed by atoms with Crippen molar-refractivity contribution in [2.45, 2.75) is 5.41 Å². The first-order chi connectivity index (χ1) is 28.3. The van der Waals surface area contributed by atoms with Crippen molar-refractivity contribution in [3.05, 3.63) is 247 Å². The number of nitrogens with zero attached hydrogens (tertiary/aromatic N) is 1.